The average Bonchev–Trinajstić information content (AvgIpc) is 2.86. The van der Waals surface area contributed by atoms with Gasteiger partial charge in [-0.3, -0.25) is 4.79 Å². The number of amides is 1. The molecule has 2 heterocycles. The smallest absolute Gasteiger partial charge is 0.244 e. The molecule has 1 aromatic heterocycles. The number of hydrogen-bond donors (Lipinski definition) is 1. The fraction of sp³-hybridized carbons (Fsp3) is 0.643. The second-order valence-electron chi connectivity index (χ2n) is 5.57. The number of piperazine rings is 1. The zero-order valence-corrected chi connectivity index (χ0v) is 15.2. The molecule has 0 spiro atoms. The van der Waals surface area contributed by atoms with E-state index in [1.807, 2.05) is 13.8 Å². The molecule has 1 unspecified atom stereocenters. The first-order valence-corrected chi connectivity index (χ1v) is 9.63. The molecule has 9 heteroatoms. The molecule has 1 aromatic rings. The van der Waals surface area contributed by atoms with Gasteiger partial charge in [0, 0.05) is 43.0 Å². The average molecular weight is 361 g/mol. The normalized spacial score (nSPS) is 18.2. The van der Waals surface area contributed by atoms with Gasteiger partial charge < -0.3 is 15.4 Å². The van der Waals surface area contributed by atoms with E-state index < -0.39 is 16.1 Å². The predicted octanol–water partition coefficient (Wildman–Crippen LogP) is 0.172. The molecule has 1 amide bonds. The molecule has 2 rings (SSSR count). The maximum Gasteiger partial charge on any atom is 0.244 e. The van der Waals surface area contributed by atoms with Crippen LogP contribution in [0.2, 0.25) is 0 Å². The van der Waals surface area contributed by atoms with E-state index in [0.29, 0.717) is 18.0 Å². The highest BCUT2D eigenvalue weighted by molar-refractivity contribution is 7.89. The summed E-state index contributed by atoms with van der Waals surface area (Å²) in [6, 6.07) is 1.01. The Morgan fingerprint density at radius 2 is 1.96 bits per heavy atom. The molecular formula is C14H23N3O4S2. The van der Waals surface area contributed by atoms with Crippen molar-refractivity contribution in [3.63, 3.8) is 0 Å². The summed E-state index contributed by atoms with van der Waals surface area (Å²) in [4.78, 5) is 15.9. The van der Waals surface area contributed by atoms with Crippen molar-refractivity contribution in [1.29, 1.82) is 0 Å². The van der Waals surface area contributed by atoms with Crippen LogP contribution in [-0.4, -0.2) is 69.5 Å². The Bertz CT molecular complexity index is 664. The fourth-order valence-electron chi connectivity index (χ4n) is 2.64. The molecule has 23 heavy (non-hydrogen) atoms. The number of thiophene rings is 1. The van der Waals surface area contributed by atoms with Crippen LogP contribution in [0.4, 0.5) is 0 Å². The number of ether oxygens (including phenoxy) is 1. The number of carbonyl (C=O) groups excluding carboxylic acids is 1. The largest absolute Gasteiger partial charge is 0.383 e. The monoisotopic (exact) mass is 361 g/mol. The Balaban J connectivity index is 2.04. The van der Waals surface area contributed by atoms with Gasteiger partial charge in [-0.15, -0.1) is 11.3 Å². The van der Waals surface area contributed by atoms with E-state index in [1.54, 1.807) is 11.0 Å². The second kappa shape index (κ2) is 7.27. The maximum atomic E-state index is 12.7. The van der Waals surface area contributed by atoms with Gasteiger partial charge in [0.25, 0.3) is 0 Å². The third-order valence-electron chi connectivity index (χ3n) is 3.83. The first kappa shape index (κ1) is 18.3. The molecule has 1 aliphatic heterocycles. The van der Waals surface area contributed by atoms with Gasteiger partial charge in [-0.1, -0.05) is 0 Å². The number of sulfonamides is 1. The van der Waals surface area contributed by atoms with Crippen LogP contribution in [-0.2, 0) is 19.6 Å². The number of rotatable bonds is 5. The first-order valence-electron chi connectivity index (χ1n) is 7.38. The van der Waals surface area contributed by atoms with Crippen molar-refractivity contribution < 1.29 is 17.9 Å². The quantitative estimate of drug-likeness (QED) is 0.807. The number of aryl methyl sites for hydroxylation is 2. The van der Waals surface area contributed by atoms with Crippen LogP contribution in [0.3, 0.4) is 0 Å². The highest BCUT2D eigenvalue weighted by atomic mass is 32.2. The van der Waals surface area contributed by atoms with E-state index in [2.05, 4.69) is 0 Å². The Labute approximate surface area is 141 Å². The lowest BCUT2D eigenvalue weighted by atomic mass is 10.2. The van der Waals surface area contributed by atoms with E-state index in [-0.39, 0.29) is 25.6 Å². The summed E-state index contributed by atoms with van der Waals surface area (Å²) >= 11 is 1.47. The first-order chi connectivity index (χ1) is 10.8. The van der Waals surface area contributed by atoms with Crippen LogP contribution in [0.15, 0.2) is 11.0 Å². The lowest BCUT2D eigenvalue weighted by molar-refractivity contribution is -0.134. The molecule has 0 saturated carbocycles. The molecule has 130 valence electrons. The Morgan fingerprint density at radius 1 is 1.35 bits per heavy atom. The van der Waals surface area contributed by atoms with Gasteiger partial charge in [-0.25, -0.2) is 8.42 Å². The molecule has 0 aliphatic carbocycles. The van der Waals surface area contributed by atoms with E-state index in [4.69, 9.17) is 10.5 Å². The van der Waals surface area contributed by atoms with Crippen LogP contribution < -0.4 is 5.73 Å². The minimum Gasteiger partial charge on any atom is -0.383 e. The summed E-state index contributed by atoms with van der Waals surface area (Å²) in [5.74, 6) is -0.202. The molecular weight excluding hydrogens is 338 g/mol. The number of nitrogens with zero attached hydrogens (tertiary/aromatic N) is 2. The fourth-order valence-corrected chi connectivity index (χ4v) is 5.58. The number of hydrogen-bond acceptors (Lipinski definition) is 6. The number of nitrogens with two attached hydrogens (primary N) is 1. The van der Waals surface area contributed by atoms with Gasteiger partial charge >= 0.3 is 0 Å². The van der Waals surface area contributed by atoms with Crippen LogP contribution in [0.1, 0.15) is 9.75 Å². The summed E-state index contributed by atoms with van der Waals surface area (Å²) < 4.78 is 31.8. The summed E-state index contributed by atoms with van der Waals surface area (Å²) in [6.45, 7) is 5.11. The zero-order valence-electron chi connectivity index (χ0n) is 13.6. The van der Waals surface area contributed by atoms with Gasteiger partial charge in [-0.2, -0.15) is 4.31 Å². The zero-order chi connectivity index (χ0) is 17.2. The van der Waals surface area contributed by atoms with E-state index in [1.165, 1.54) is 22.8 Å². The maximum absolute atomic E-state index is 12.7. The van der Waals surface area contributed by atoms with Crippen LogP contribution in [0, 0.1) is 13.8 Å². The third kappa shape index (κ3) is 3.92. The standard InChI is InChI=1S/C14H23N3O4S2/c1-10-8-13(11(2)22-10)23(19,20)17-6-4-16(5-7-17)14(18)12(15)9-21-3/h8,12H,4-7,9,15H2,1-3H3. The highest BCUT2D eigenvalue weighted by Crippen LogP contribution is 2.28. The molecule has 0 radical (unpaired) electrons. The summed E-state index contributed by atoms with van der Waals surface area (Å²) in [6.07, 6.45) is 0. The van der Waals surface area contributed by atoms with Gasteiger partial charge in [0.15, 0.2) is 0 Å². The summed E-state index contributed by atoms with van der Waals surface area (Å²) in [5, 5.41) is 0. The predicted molar refractivity (Wildman–Crippen MR) is 89.0 cm³/mol. The third-order valence-corrected chi connectivity index (χ3v) is 6.95. The van der Waals surface area contributed by atoms with Crippen molar-refractivity contribution in [2.75, 3.05) is 39.9 Å². The molecule has 1 fully saturated rings. The van der Waals surface area contributed by atoms with Crippen LogP contribution >= 0.6 is 11.3 Å². The van der Waals surface area contributed by atoms with Crippen LogP contribution in [0.25, 0.3) is 0 Å². The van der Waals surface area contributed by atoms with Crippen molar-refractivity contribution >= 4 is 27.3 Å². The van der Waals surface area contributed by atoms with E-state index in [0.717, 1.165) is 9.75 Å². The highest BCUT2D eigenvalue weighted by Gasteiger charge is 2.32. The Hall–Kier alpha value is -1.00. The van der Waals surface area contributed by atoms with Crippen molar-refractivity contribution in [2.45, 2.75) is 24.8 Å². The lowest BCUT2D eigenvalue weighted by Crippen LogP contribution is -2.55. The van der Waals surface area contributed by atoms with Crippen molar-refractivity contribution in [3.05, 3.63) is 15.8 Å². The minimum atomic E-state index is -3.50. The van der Waals surface area contributed by atoms with Gasteiger partial charge in [0.1, 0.15) is 6.04 Å². The molecule has 2 N–H and O–H groups in total. The van der Waals surface area contributed by atoms with E-state index in [9.17, 15) is 13.2 Å². The lowest BCUT2D eigenvalue weighted by Gasteiger charge is -2.35. The Morgan fingerprint density at radius 3 is 2.43 bits per heavy atom. The molecule has 1 aliphatic rings. The topological polar surface area (TPSA) is 92.9 Å². The number of methoxy groups -OCH3 is 1. The molecule has 0 bridgehead atoms. The van der Waals surface area contributed by atoms with Crippen molar-refractivity contribution in [2.24, 2.45) is 5.73 Å². The Kier molecular flexibility index (Phi) is 5.79. The second-order valence-corrected chi connectivity index (χ2v) is 8.94. The summed E-state index contributed by atoms with van der Waals surface area (Å²) in [7, 11) is -2.01. The minimum absolute atomic E-state index is 0.157. The molecule has 0 aromatic carbocycles. The van der Waals surface area contributed by atoms with Crippen molar-refractivity contribution in [3.8, 4) is 0 Å². The molecule has 7 nitrogen and oxygen atoms in total. The van der Waals surface area contributed by atoms with Crippen molar-refractivity contribution in [1.82, 2.24) is 9.21 Å². The molecule has 1 atom stereocenters. The number of carbonyl (C=O) groups is 1. The SMILES string of the molecule is COCC(N)C(=O)N1CCN(S(=O)(=O)c2cc(C)sc2C)CC1. The van der Waals surface area contributed by atoms with Gasteiger partial charge in [-0.05, 0) is 19.9 Å². The van der Waals surface area contributed by atoms with Gasteiger partial charge in [0.2, 0.25) is 15.9 Å². The molecule has 1 saturated heterocycles. The summed E-state index contributed by atoms with van der Waals surface area (Å²) in [5.41, 5.74) is 5.75. The van der Waals surface area contributed by atoms with Gasteiger partial charge in [0.05, 0.1) is 11.5 Å². The van der Waals surface area contributed by atoms with Crippen LogP contribution in [0.5, 0.6) is 0 Å². The van der Waals surface area contributed by atoms with E-state index >= 15 is 0 Å².